The molecule has 27 heavy (non-hydrogen) atoms. The maximum absolute atomic E-state index is 12.4. The Kier molecular flexibility index (Phi) is 5.12. The van der Waals surface area contributed by atoms with Crippen molar-refractivity contribution in [3.05, 3.63) is 59.2 Å². The number of hydrogen-bond acceptors (Lipinski definition) is 5. The molecule has 0 bridgehead atoms. The lowest BCUT2D eigenvalue weighted by Gasteiger charge is -2.29. The fraction of sp³-hybridized carbons (Fsp3) is 0.250. The lowest BCUT2D eigenvalue weighted by Crippen LogP contribution is -2.38. The highest BCUT2D eigenvalue weighted by molar-refractivity contribution is 6.00. The maximum atomic E-state index is 12.4. The number of ether oxygens (including phenoxy) is 2. The van der Waals surface area contributed by atoms with E-state index >= 15 is 0 Å². The number of nitrogens with zero attached hydrogens (tertiary/aromatic N) is 2. The van der Waals surface area contributed by atoms with Crippen LogP contribution in [0.25, 0.3) is 0 Å². The van der Waals surface area contributed by atoms with E-state index in [1.165, 1.54) is 12.0 Å². The number of fused-ring (bicyclic) bond motifs is 1. The number of carbonyl (C=O) groups excluding carboxylic acids is 3. The molecule has 0 N–H and O–H groups in total. The van der Waals surface area contributed by atoms with Crippen LogP contribution >= 0.6 is 0 Å². The van der Waals surface area contributed by atoms with E-state index < -0.39 is 5.97 Å². The van der Waals surface area contributed by atoms with Crippen molar-refractivity contribution in [3.8, 4) is 5.75 Å². The van der Waals surface area contributed by atoms with Crippen molar-refractivity contribution in [2.24, 2.45) is 0 Å². The summed E-state index contributed by atoms with van der Waals surface area (Å²) in [7, 11) is 4.69. The molecular formula is C20H20N2O5. The first-order valence-corrected chi connectivity index (χ1v) is 8.37. The SMILES string of the molecule is COC(=O)c1ccc2c(c1)N(Cc1ccc(C(=O)N(C)C)cc1)C(=O)CO2. The lowest BCUT2D eigenvalue weighted by molar-refractivity contribution is -0.121. The molecule has 7 nitrogen and oxygen atoms in total. The molecule has 1 heterocycles. The molecule has 0 radical (unpaired) electrons. The number of benzene rings is 2. The van der Waals surface area contributed by atoms with Gasteiger partial charge in [0, 0.05) is 19.7 Å². The summed E-state index contributed by atoms with van der Waals surface area (Å²) < 4.78 is 10.2. The molecule has 0 spiro atoms. The van der Waals surface area contributed by atoms with Crippen LogP contribution in [0.3, 0.4) is 0 Å². The van der Waals surface area contributed by atoms with Gasteiger partial charge in [0.2, 0.25) is 0 Å². The summed E-state index contributed by atoms with van der Waals surface area (Å²) in [5.41, 5.74) is 2.29. The van der Waals surface area contributed by atoms with Gasteiger partial charge in [0.05, 0.1) is 24.9 Å². The first-order chi connectivity index (χ1) is 12.9. The van der Waals surface area contributed by atoms with Crippen LogP contribution in [-0.2, 0) is 16.1 Å². The average molecular weight is 368 g/mol. The summed E-state index contributed by atoms with van der Waals surface area (Å²) in [6.45, 7) is 0.234. The van der Waals surface area contributed by atoms with Gasteiger partial charge in [0.25, 0.3) is 11.8 Å². The summed E-state index contributed by atoms with van der Waals surface area (Å²) in [4.78, 5) is 39.3. The first-order valence-electron chi connectivity index (χ1n) is 8.37. The Morgan fingerprint density at radius 1 is 1.11 bits per heavy atom. The highest BCUT2D eigenvalue weighted by Gasteiger charge is 2.27. The van der Waals surface area contributed by atoms with E-state index in [1.807, 2.05) is 12.1 Å². The molecule has 1 aliphatic heterocycles. The maximum Gasteiger partial charge on any atom is 0.337 e. The molecule has 3 rings (SSSR count). The van der Waals surface area contributed by atoms with Crippen LogP contribution in [-0.4, -0.2) is 50.5 Å². The zero-order valence-corrected chi connectivity index (χ0v) is 15.4. The molecule has 140 valence electrons. The van der Waals surface area contributed by atoms with Crippen LogP contribution in [0.2, 0.25) is 0 Å². The molecule has 0 aromatic heterocycles. The summed E-state index contributed by atoms with van der Waals surface area (Å²) in [6, 6.07) is 11.9. The fourth-order valence-electron chi connectivity index (χ4n) is 2.81. The standard InChI is InChI=1S/C20H20N2O5/c1-21(2)19(24)14-6-4-13(5-7-14)11-22-16-10-15(20(25)26-3)8-9-17(16)27-12-18(22)23/h4-10H,11-12H2,1-3H3. The third-order valence-electron chi connectivity index (χ3n) is 4.27. The first kappa shape index (κ1) is 18.4. The second-order valence-electron chi connectivity index (χ2n) is 6.34. The Bertz CT molecular complexity index is 890. The van der Waals surface area contributed by atoms with Gasteiger partial charge in [-0.15, -0.1) is 0 Å². The summed E-state index contributed by atoms with van der Waals surface area (Å²) in [6.07, 6.45) is 0. The molecule has 7 heteroatoms. The van der Waals surface area contributed by atoms with Gasteiger partial charge in [-0.1, -0.05) is 12.1 Å². The number of esters is 1. The number of methoxy groups -OCH3 is 1. The van der Waals surface area contributed by atoms with E-state index in [4.69, 9.17) is 9.47 Å². The van der Waals surface area contributed by atoms with Gasteiger partial charge in [-0.2, -0.15) is 0 Å². The number of carbonyl (C=O) groups is 3. The number of amides is 2. The summed E-state index contributed by atoms with van der Waals surface area (Å²) in [5, 5.41) is 0. The Balaban J connectivity index is 1.88. The molecule has 0 saturated carbocycles. The predicted octanol–water partition coefficient (Wildman–Crippen LogP) is 2.10. The Morgan fingerprint density at radius 3 is 2.41 bits per heavy atom. The monoisotopic (exact) mass is 368 g/mol. The molecule has 0 aliphatic carbocycles. The van der Waals surface area contributed by atoms with E-state index in [0.29, 0.717) is 29.1 Å². The Labute approximate surface area is 157 Å². The van der Waals surface area contributed by atoms with Gasteiger partial charge < -0.3 is 19.3 Å². The van der Waals surface area contributed by atoms with Gasteiger partial charge in [0.15, 0.2) is 6.61 Å². The van der Waals surface area contributed by atoms with Crippen molar-refractivity contribution in [1.29, 1.82) is 0 Å². The molecular weight excluding hydrogens is 348 g/mol. The van der Waals surface area contributed by atoms with Crippen LogP contribution in [0.1, 0.15) is 26.3 Å². The van der Waals surface area contributed by atoms with E-state index in [9.17, 15) is 14.4 Å². The second kappa shape index (κ2) is 7.49. The van der Waals surface area contributed by atoms with E-state index in [-0.39, 0.29) is 18.4 Å². The van der Waals surface area contributed by atoms with Gasteiger partial charge in [-0.05, 0) is 35.9 Å². The van der Waals surface area contributed by atoms with Crippen molar-refractivity contribution in [1.82, 2.24) is 4.90 Å². The molecule has 2 aromatic rings. The van der Waals surface area contributed by atoms with Gasteiger partial charge in [0.1, 0.15) is 5.75 Å². The van der Waals surface area contributed by atoms with Crippen molar-refractivity contribution >= 4 is 23.5 Å². The quantitative estimate of drug-likeness (QED) is 0.773. The zero-order chi connectivity index (χ0) is 19.6. The van der Waals surface area contributed by atoms with Crippen LogP contribution in [0.4, 0.5) is 5.69 Å². The minimum atomic E-state index is -0.484. The largest absolute Gasteiger partial charge is 0.482 e. The van der Waals surface area contributed by atoms with Crippen LogP contribution in [0.5, 0.6) is 5.75 Å². The average Bonchev–Trinajstić information content (AvgIpc) is 2.69. The lowest BCUT2D eigenvalue weighted by atomic mass is 10.1. The number of anilines is 1. The molecule has 2 aromatic carbocycles. The van der Waals surface area contributed by atoms with Crippen LogP contribution < -0.4 is 9.64 Å². The van der Waals surface area contributed by atoms with E-state index in [2.05, 4.69) is 0 Å². The fourth-order valence-corrected chi connectivity index (χ4v) is 2.81. The predicted molar refractivity (Wildman–Crippen MR) is 98.9 cm³/mol. The summed E-state index contributed by atoms with van der Waals surface area (Å²) in [5.74, 6) is -0.251. The van der Waals surface area contributed by atoms with Crippen molar-refractivity contribution in [2.75, 3.05) is 32.7 Å². The molecule has 0 fully saturated rings. The van der Waals surface area contributed by atoms with Gasteiger partial charge in [-0.3, -0.25) is 9.59 Å². The smallest absolute Gasteiger partial charge is 0.337 e. The van der Waals surface area contributed by atoms with Gasteiger partial charge in [-0.25, -0.2) is 4.79 Å². The van der Waals surface area contributed by atoms with Gasteiger partial charge >= 0.3 is 5.97 Å². The number of rotatable bonds is 4. The highest BCUT2D eigenvalue weighted by atomic mass is 16.5. The van der Waals surface area contributed by atoms with Crippen LogP contribution in [0.15, 0.2) is 42.5 Å². The van der Waals surface area contributed by atoms with Crippen molar-refractivity contribution < 1.29 is 23.9 Å². The van der Waals surface area contributed by atoms with Crippen molar-refractivity contribution in [2.45, 2.75) is 6.54 Å². The minimum absolute atomic E-state index is 0.0677. The highest BCUT2D eigenvalue weighted by Crippen LogP contribution is 2.34. The topological polar surface area (TPSA) is 76.2 Å². The molecule has 2 amide bonds. The third-order valence-corrected chi connectivity index (χ3v) is 4.27. The molecule has 0 unspecified atom stereocenters. The Morgan fingerprint density at radius 2 is 1.78 bits per heavy atom. The molecule has 0 atom stereocenters. The summed E-state index contributed by atoms with van der Waals surface area (Å²) >= 11 is 0. The second-order valence-corrected chi connectivity index (χ2v) is 6.34. The molecule has 0 saturated heterocycles. The van der Waals surface area contributed by atoms with E-state index in [0.717, 1.165) is 5.56 Å². The Hall–Kier alpha value is -3.35. The van der Waals surface area contributed by atoms with E-state index in [1.54, 1.807) is 49.3 Å². The minimum Gasteiger partial charge on any atom is -0.482 e. The van der Waals surface area contributed by atoms with Crippen LogP contribution in [0, 0.1) is 0 Å². The number of hydrogen-bond donors (Lipinski definition) is 0. The zero-order valence-electron chi connectivity index (χ0n) is 15.4. The van der Waals surface area contributed by atoms with Crippen molar-refractivity contribution in [3.63, 3.8) is 0 Å². The third kappa shape index (κ3) is 3.76. The molecule has 1 aliphatic rings. The normalized spacial score (nSPS) is 12.9.